The van der Waals surface area contributed by atoms with Crippen LogP contribution in [0.5, 0.6) is 0 Å². The van der Waals surface area contributed by atoms with Crippen molar-refractivity contribution in [3.05, 3.63) is 0 Å². The Morgan fingerprint density at radius 1 is 1.12 bits per heavy atom. The van der Waals surface area contributed by atoms with Gasteiger partial charge in [0.15, 0.2) is 0 Å². The molecular formula is C15H29NO. The summed E-state index contributed by atoms with van der Waals surface area (Å²) in [6.07, 6.45) is 11.2. The normalized spacial score (nSPS) is 26.8. The van der Waals surface area contributed by atoms with Gasteiger partial charge < -0.3 is 10.4 Å². The minimum absolute atomic E-state index is 0.183. The fourth-order valence-electron chi connectivity index (χ4n) is 3.58. The Hall–Kier alpha value is -0.0800. The maximum atomic E-state index is 9.80. The van der Waals surface area contributed by atoms with Crippen molar-refractivity contribution in [2.24, 2.45) is 11.3 Å². The summed E-state index contributed by atoms with van der Waals surface area (Å²) in [7, 11) is 0. The van der Waals surface area contributed by atoms with Crippen LogP contribution in [0.15, 0.2) is 0 Å². The van der Waals surface area contributed by atoms with Gasteiger partial charge in [0, 0.05) is 12.6 Å². The molecule has 2 saturated carbocycles. The molecule has 0 aromatic carbocycles. The third-order valence-electron chi connectivity index (χ3n) is 5.10. The number of nitrogens with one attached hydrogen (secondary N) is 1. The van der Waals surface area contributed by atoms with Crippen molar-refractivity contribution in [1.29, 1.82) is 0 Å². The summed E-state index contributed by atoms with van der Waals surface area (Å²) in [5.41, 5.74) is 0.731. The number of aliphatic hydroxyl groups excluding tert-OH is 1. The lowest BCUT2D eigenvalue weighted by Gasteiger charge is -2.38. The lowest BCUT2D eigenvalue weighted by atomic mass is 9.71. The topological polar surface area (TPSA) is 32.3 Å². The van der Waals surface area contributed by atoms with E-state index in [4.69, 9.17) is 0 Å². The highest BCUT2D eigenvalue weighted by Crippen LogP contribution is 2.48. The summed E-state index contributed by atoms with van der Waals surface area (Å²) in [5, 5.41) is 13.4. The minimum atomic E-state index is -0.183. The molecule has 2 heteroatoms. The van der Waals surface area contributed by atoms with E-state index in [1.54, 1.807) is 0 Å². The van der Waals surface area contributed by atoms with E-state index in [1.807, 2.05) is 0 Å². The monoisotopic (exact) mass is 239 g/mol. The Labute approximate surface area is 106 Å². The predicted molar refractivity (Wildman–Crippen MR) is 72.0 cm³/mol. The van der Waals surface area contributed by atoms with E-state index >= 15 is 0 Å². The van der Waals surface area contributed by atoms with Crippen LogP contribution in [0, 0.1) is 11.3 Å². The Morgan fingerprint density at radius 2 is 1.71 bits per heavy atom. The van der Waals surface area contributed by atoms with Crippen molar-refractivity contribution in [3.63, 3.8) is 0 Å². The first-order valence-electron chi connectivity index (χ1n) is 7.53. The van der Waals surface area contributed by atoms with Gasteiger partial charge in [0.2, 0.25) is 0 Å². The molecule has 0 aromatic heterocycles. The molecule has 1 unspecified atom stereocenters. The maximum absolute atomic E-state index is 9.80. The third kappa shape index (κ3) is 3.45. The molecule has 2 N–H and O–H groups in total. The van der Waals surface area contributed by atoms with E-state index in [0.717, 1.165) is 12.0 Å². The third-order valence-corrected chi connectivity index (χ3v) is 5.10. The van der Waals surface area contributed by atoms with Gasteiger partial charge in [-0.2, -0.15) is 0 Å². The molecule has 0 heterocycles. The Morgan fingerprint density at radius 3 is 2.24 bits per heavy atom. The molecule has 0 aromatic rings. The van der Waals surface area contributed by atoms with Gasteiger partial charge in [-0.1, -0.05) is 26.7 Å². The molecule has 2 aliphatic rings. The number of hydrogen-bond acceptors (Lipinski definition) is 2. The van der Waals surface area contributed by atoms with Gasteiger partial charge >= 0.3 is 0 Å². The minimum Gasteiger partial charge on any atom is -0.392 e. The molecule has 2 fully saturated rings. The Balaban J connectivity index is 1.68. The first-order valence-corrected chi connectivity index (χ1v) is 7.53. The second-order valence-electron chi connectivity index (χ2n) is 6.70. The largest absolute Gasteiger partial charge is 0.392 e. The van der Waals surface area contributed by atoms with E-state index in [-0.39, 0.29) is 6.10 Å². The van der Waals surface area contributed by atoms with E-state index in [0.29, 0.717) is 12.0 Å². The fraction of sp³-hybridized carbons (Fsp3) is 1.00. The summed E-state index contributed by atoms with van der Waals surface area (Å²) in [6.45, 7) is 4.94. The molecule has 2 aliphatic carbocycles. The summed E-state index contributed by atoms with van der Waals surface area (Å²) < 4.78 is 0. The molecule has 0 amide bonds. The molecule has 1 atom stereocenters. The van der Waals surface area contributed by atoms with Crippen molar-refractivity contribution in [3.8, 4) is 0 Å². The van der Waals surface area contributed by atoms with Crippen LogP contribution in [-0.2, 0) is 0 Å². The standard InChI is InChI=1S/C15H29NO/c1-12(2)14(17)11-16-13-5-9-15(10-6-13)7-3-4-8-15/h12-14,16-17H,3-11H2,1-2H3. The summed E-state index contributed by atoms with van der Waals surface area (Å²) in [4.78, 5) is 0. The highest BCUT2D eigenvalue weighted by molar-refractivity contribution is 4.91. The van der Waals surface area contributed by atoms with Crippen molar-refractivity contribution in [1.82, 2.24) is 5.32 Å². The highest BCUT2D eigenvalue weighted by Gasteiger charge is 2.37. The van der Waals surface area contributed by atoms with Crippen LogP contribution in [-0.4, -0.2) is 23.8 Å². The van der Waals surface area contributed by atoms with Crippen LogP contribution < -0.4 is 5.32 Å². The lowest BCUT2D eigenvalue weighted by molar-refractivity contribution is 0.108. The summed E-state index contributed by atoms with van der Waals surface area (Å²) in [5.74, 6) is 0.368. The van der Waals surface area contributed by atoms with Gasteiger partial charge in [0.1, 0.15) is 0 Å². The summed E-state index contributed by atoms with van der Waals surface area (Å²) >= 11 is 0. The lowest BCUT2D eigenvalue weighted by Crippen LogP contribution is -2.41. The van der Waals surface area contributed by atoms with Crippen LogP contribution in [0.1, 0.15) is 65.2 Å². The van der Waals surface area contributed by atoms with Crippen molar-refractivity contribution in [2.75, 3.05) is 6.54 Å². The van der Waals surface area contributed by atoms with Gasteiger partial charge in [0.25, 0.3) is 0 Å². The smallest absolute Gasteiger partial charge is 0.0687 e. The van der Waals surface area contributed by atoms with Crippen LogP contribution in [0.25, 0.3) is 0 Å². The van der Waals surface area contributed by atoms with Gasteiger partial charge in [-0.3, -0.25) is 0 Å². The average Bonchev–Trinajstić information content (AvgIpc) is 2.76. The van der Waals surface area contributed by atoms with E-state index in [1.165, 1.54) is 51.4 Å². The molecule has 17 heavy (non-hydrogen) atoms. The highest BCUT2D eigenvalue weighted by atomic mass is 16.3. The second kappa shape index (κ2) is 5.71. The van der Waals surface area contributed by atoms with Crippen molar-refractivity contribution in [2.45, 2.75) is 77.4 Å². The quantitative estimate of drug-likeness (QED) is 0.790. The zero-order valence-corrected chi connectivity index (χ0v) is 11.5. The molecule has 0 radical (unpaired) electrons. The van der Waals surface area contributed by atoms with Gasteiger partial charge in [-0.25, -0.2) is 0 Å². The number of rotatable bonds is 4. The molecule has 0 bridgehead atoms. The summed E-state index contributed by atoms with van der Waals surface area (Å²) in [6, 6.07) is 0.662. The first-order chi connectivity index (χ1) is 8.11. The van der Waals surface area contributed by atoms with E-state index in [2.05, 4.69) is 19.2 Å². The van der Waals surface area contributed by atoms with E-state index in [9.17, 15) is 5.11 Å². The molecule has 2 nitrogen and oxygen atoms in total. The number of hydrogen-bond donors (Lipinski definition) is 2. The van der Waals surface area contributed by atoms with Crippen LogP contribution in [0.3, 0.4) is 0 Å². The molecule has 0 saturated heterocycles. The van der Waals surface area contributed by atoms with E-state index < -0.39 is 0 Å². The Kier molecular flexibility index (Phi) is 4.48. The Bertz CT molecular complexity index is 220. The molecular weight excluding hydrogens is 210 g/mol. The SMILES string of the molecule is CC(C)C(O)CNC1CCC2(CCCC2)CC1. The van der Waals surface area contributed by atoms with Crippen molar-refractivity contribution < 1.29 is 5.11 Å². The van der Waals surface area contributed by atoms with Gasteiger partial charge in [-0.05, 0) is 49.9 Å². The number of aliphatic hydroxyl groups is 1. The predicted octanol–water partition coefficient (Wildman–Crippen LogP) is 3.10. The van der Waals surface area contributed by atoms with Crippen LogP contribution in [0.4, 0.5) is 0 Å². The maximum Gasteiger partial charge on any atom is 0.0687 e. The molecule has 2 rings (SSSR count). The van der Waals surface area contributed by atoms with Crippen LogP contribution in [0.2, 0.25) is 0 Å². The van der Waals surface area contributed by atoms with Gasteiger partial charge in [-0.15, -0.1) is 0 Å². The molecule has 1 spiro atoms. The fourth-order valence-corrected chi connectivity index (χ4v) is 3.58. The first kappa shape index (κ1) is 13.4. The second-order valence-corrected chi connectivity index (χ2v) is 6.70. The molecule has 100 valence electrons. The average molecular weight is 239 g/mol. The van der Waals surface area contributed by atoms with Gasteiger partial charge in [0.05, 0.1) is 6.10 Å². The van der Waals surface area contributed by atoms with Crippen molar-refractivity contribution >= 4 is 0 Å². The van der Waals surface area contributed by atoms with Crippen LogP contribution >= 0.6 is 0 Å². The zero-order chi connectivity index (χ0) is 12.3. The molecule has 0 aliphatic heterocycles. The zero-order valence-electron chi connectivity index (χ0n) is 11.5.